The summed E-state index contributed by atoms with van der Waals surface area (Å²) in [6.07, 6.45) is 0. The first-order chi connectivity index (χ1) is 15.6. The number of ether oxygens (including phenoxy) is 1. The summed E-state index contributed by atoms with van der Waals surface area (Å²) in [7, 11) is 1.61. The molecule has 1 heterocycles. The van der Waals surface area contributed by atoms with Crippen molar-refractivity contribution in [3.8, 4) is 28.3 Å². The van der Waals surface area contributed by atoms with E-state index in [1.807, 2.05) is 72.8 Å². The van der Waals surface area contributed by atoms with Crippen molar-refractivity contribution in [3.63, 3.8) is 0 Å². The second kappa shape index (κ2) is 9.94. The van der Waals surface area contributed by atoms with Crippen LogP contribution >= 0.6 is 11.6 Å². The van der Waals surface area contributed by atoms with E-state index in [9.17, 15) is 4.79 Å². The maximum Gasteiger partial charge on any atom is 0.246 e. The lowest BCUT2D eigenvalue weighted by molar-refractivity contribution is -0.114. The number of halogens is 1. The fourth-order valence-electron chi connectivity index (χ4n) is 3.09. The highest BCUT2D eigenvalue weighted by Crippen LogP contribution is 2.26. The summed E-state index contributed by atoms with van der Waals surface area (Å²) in [4.78, 5) is 21.7. The van der Waals surface area contributed by atoms with Gasteiger partial charge in [-0.25, -0.2) is 9.97 Å². The highest BCUT2D eigenvalue weighted by atomic mass is 35.5. The molecular formula is C25H21ClN4O2. The zero-order chi connectivity index (χ0) is 22.3. The van der Waals surface area contributed by atoms with Gasteiger partial charge in [0.25, 0.3) is 0 Å². The number of carbonyl (C=O) groups excluding carboxylic acids is 1. The number of carbonyl (C=O) groups is 1. The van der Waals surface area contributed by atoms with Gasteiger partial charge in [0, 0.05) is 21.8 Å². The Morgan fingerprint density at radius 1 is 0.875 bits per heavy atom. The van der Waals surface area contributed by atoms with Gasteiger partial charge in [0.15, 0.2) is 0 Å². The molecule has 1 aromatic heterocycles. The lowest BCUT2D eigenvalue weighted by Gasteiger charge is -2.11. The Hall–Kier alpha value is -3.90. The number of anilines is 2. The van der Waals surface area contributed by atoms with Crippen molar-refractivity contribution >= 4 is 29.1 Å². The number of nitrogens with one attached hydrogen (secondary N) is 2. The number of benzene rings is 3. The molecule has 1 amide bonds. The molecule has 2 N–H and O–H groups in total. The largest absolute Gasteiger partial charge is 0.497 e. The van der Waals surface area contributed by atoms with Gasteiger partial charge in [-0.1, -0.05) is 54.1 Å². The minimum Gasteiger partial charge on any atom is -0.497 e. The van der Waals surface area contributed by atoms with Crippen molar-refractivity contribution in [1.82, 2.24) is 9.97 Å². The first-order valence-electron chi connectivity index (χ1n) is 9.99. The number of aromatic nitrogens is 2. The first-order valence-corrected chi connectivity index (χ1v) is 10.4. The molecule has 4 aromatic rings. The van der Waals surface area contributed by atoms with Crippen molar-refractivity contribution in [2.24, 2.45) is 0 Å². The van der Waals surface area contributed by atoms with Crippen molar-refractivity contribution in [1.29, 1.82) is 0 Å². The monoisotopic (exact) mass is 444 g/mol. The quantitative estimate of drug-likeness (QED) is 0.392. The first kappa shape index (κ1) is 21.3. The van der Waals surface area contributed by atoms with Gasteiger partial charge < -0.3 is 10.1 Å². The molecule has 0 bridgehead atoms. The Bertz CT molecular complexity index is 1200. The molecule has 32 heavy (non-hydrogen) atoms. The van der Waals surface area contributed by atoms with Gasteiger partial charge in [0.05, 0.1) is 25.0 Å². The van der Waals surface area contributed by atoms with Crippen LogP contribution in [0, 0.1) is 0 Å². The van der Waals surface area contributed by atoms with Crippen LogP contribution in [0.15, 0.2) is 84.9 Å². The summed E-state index contributed by atoms with van der Waals surface area (Å²) < 4.78 is 5.14. The second-order valence-corrected chi connectivity index (χ2v) is 7.40. The fraction of sp³-hybridized carbons (Fsp3) is 0.0800. The molecule has 0 saturated carbocycles. The Morgan fingerprint density at radius 3 is 2.12 bits per heavy atom. The highest BCUT2D eigenvalue weighted by molar-refractivity contribution is 6.30. The molecule has 0 atom stereocenters. The molecule has 0 saturated heterocycles. The van der Waals surface area contributed by atoms with E-state index in [0.717, 1.165) is 22.6 Å². The number of hydrogen-bond donors (Lipinski definition) is 2. The molecule has 0 unspecified atom stereocenters. The lowest BCUT2D eigenvalue weighted by Crippen LogP contribution is -2.23. The maximum absolute atomic E-state index is 12.6. The van der Waals surface area contributed by atoms with Crippen molar-refractivity contribution < 1.29 is 9.53 Å². The van der Waals surface area contributed by atoms with Gasteiger partial charge in [-0.15, -0.1) is 0 Å². The minimum atomic E-state index is -0.256. The van der Waals surface area contributed by atoms with Crippen LogP contribution in [0.5, 0.6) is 5.75 Å². The molecule has 0 aliphatic carbocycles. The minimum absolute atomic E-state index is 0.0710. The Kier molecular flexibility index (Phi) is 6.63. The summed E-state index contributed by atoms with van der Waals surface area (Å²) in [5, 5.41) is 6.51. The van der Waals surface area contributed by atoms with Gasteiger partial charge in [0.1, 0.15) is 5.75 Å². The molecule has 0 radical (unpaired) electrons. The molecule has 7 heteroatoms. The van der Waals surface area contributed by atoms with E-state index in [0.29, 0.717) is 16.4 Å². The maximum atomic E-state index is 12.6. The summed E-state index contributed by atoms with van der Waals surface area (Å²) in [6.45, 7) is 0.0710. The Balaban J connectivity index is 1.55. The van der Waals surface area contributed by atoms with Crippen molar-refractivity contribution in [3.05, 3.63) is 90.0 Å². The van der Waals surface area contributed by atoms with Crippen LogP contribution < -0.4 is 15.4 Å². The van der Waals surface area contributed by atoms with Crippen molar-refractivity contribution in [2.45, 2.75) is 0 Å². The molecule has 0 aliphatic heterocycles. The van der Waals surface area contributed by atoms with E-state index in [4.69, 9.17) is 16.3 Å². The Labute approximate surface area is 191 Å². The van der Waals surface area contributed by atoms with E-state index >= 15 is 0 Å². The van der Waals surface area contributed by atoms with E-state index in [2.05, 4.69) is 20.6 Å². The average Bonchev–Trinajstić information content (AvgIpc) is 2.84. The predicted molar refractivity (Wildman–Crippen MR) is 128 cm³/mol. The van der Waals surface area contributed by atoms with Crippen molar-refractivity contribution in [2.75, 3.05) is 24.3 Å². The summed E-state index contributed by atoms with van der Waals surface area (Å²) in [6, 6.07) is 26.4. The molecular weight excluding hydrogens is 424 g/mol. The number of amides is 1. The van der Waals surface area contributed by atoms with E-state index in [1.54, 1.807) is 19.2 Å². The van der Waals surface area contributed by atoms with Gasteiger partial charge in [-0.2, -0.15) is 0 Å². The SMILES string of the molecule is COc1ccc(NCC(=O)Nc2nc(-c3ccccc3)cc(-c3ccc(Cl)cc3)n2)cc1. The van der Waals surface area contributed by atoms with Crippen LogP contribution in [0.2, 0.25) is 5.02 Å². The Morgan fingerprint density at radius 2 is 1.50 bits per heavy atom. The number of methoxy groups -OCH3 is 1. The van der Waals surface area contributed by atoms with E-state index in [-0.39, 0.29) is 18.4 Å². The van der Waals surface area contributed by atoms with Crippen LogP contribution in [0.25, 0.3) is 22.5 Å². The van der Waals surface area contributed by atoms with Crippen LogP contribution in [0.4, 0.5) is 11.6 Å². The predicted octanol–water partition coefficient (Wildman–Crippen LogP) is 5.52. The summed E-state index contributed by atoms with van der Waals surface area (Å²) >= 11 is 6.02. The van der Waals surface area contributed by atoms with Gasteiger partial charge >= 0.3 is 0 Å². The normalized spacial score (nSPS) is 10.4. The van der Waals surface area contributed by atoms with E-state index in [1.165, 1.54) is 0 Å². The topological polar surface area (TPSA) is 76.1 Å². The number of hydrogen-bond acceptors (Lipinski definition) is 5. The van der Waals surface area contributed by atoms with Crippen LogP contribution in [-0.2, 0) is 4.79 Å². The standard InChI is InChI=1S/C25H21ClN4O2/c1-32-21-13-11-20(12-14-21)27-16-24(31)30-25-28-22(17-5-3-2-4-6-17)15-23(29-25)18-7-9-19(26)10-8-18/h2-15,27H,16H2,1H3,(H,28,29,30,31). The smallest absolute Gasteiger partial charge is 0.246 e. The second-order valence-electron chi connectivity index (χ2n) is 6.97. The third-order valence-electron chi connectivity index (χ3n) is 4.73. The van der Waals surface area contributed by atoms with Crippen LogP contribution in [0.1, 0.15) is 0 Å². The lowest BCUT2D eigenvalue weighted by atomic mass is 10.1. The zero-order valence-corrected chi connectivity index (χ0v) is 18.1. The number of nitrogens with zero attached hydrogens (tertiary/aromatic N) is 2. The summed E-state index contributed by atoms with van der Waals surface area (Å²) in [5.74, 6) is 0.728. The van der Waals surface area contributed by atoms with E-state index < -0.39 is 0 Å². The van der Waals surface area contributed by atoms with Gasteiger partial charge in [-0.05, 0) is 42.5 Å². The summed E-state index contributed by atoms with van der Waals surface area (Å²) in [5.41, 5.74) is 4.01. The molecule has 6 nitrogen and oxygen atoms in total. The fourth-order valence-corrected chi connectivity index (χ4v) is 3.21. The molecule has 0 spiro atoms. The molecule has 0 aliphatic rings. The van der Waals surface area contributed by atoms with Crippen LogP contribution in [0.3, 0.4) is 0 Å². The van der Waals surface area contributed by atoms with Gasteiger partial charge in [-0.3, -0.25) is 10.1 Å². The molecule has 4 rings (SSSR count). The number of rotatable bonds is 7. The highest BCUT2D eigenvalue weighted by Gasteiger charge is 2.11. The average molecular weight is 445 g/mol. The molecule has 0 fully saturated rings. The third kappa shape index (κ3) is 5.42. The molecule has 160 valence electrons. The third-order valence-corrected chi connectivity index (χ3v) is 4.98. The van der Waals surface area contributed by atoms with Crippen LogP contribution in [-0.4, -0.2) is 29.5 Å². The molecule has 3 aromatic carbocycles. The zero-order valence-electron chi connectivity index (χ0n) is 17.4. The van der Waals surface area contributed by atoms with Gasteiger partial charge in [0.2, 0.25) is 11.9 Å².